The van der Waals surface area contributed by atoms with Crippen LogP contribution in [0.4, 0.5) is 5.82 Å². The second-order valence-electron chi connectivity index (χ2n) is 4.65. The highest BCUT2D eigenvalue weighted by Gasteiger charge is 2.24. The molecule has 0 radical (unpaired) electrons. The first-order chi connectivity index (χ1) is 9.29. The molecule has 1 atom stereocenters. The molecule has 0 N–H and O–H groups in total. The van der Waals surface area contributed by atoms with Gasteiger partial charge >= 0.3 is 0 Å². The lowest BCUT2D eigenvalue weighted by Crippen LogP contribution is -2.22. The highest BCUT2D eigenvalue weighted by molar-refractivity contribution is 5.59. The van der Waals surface area contributed by atoms with Crippen LogP contribution in [0.5, 0.6) is 5.88 Å². The molecule has 1 fully saturated rings. The van der Waals surface area contributed by atoms with Crippen LogP contribution in [0.15, 0.2) is 18.3 Å². The Kier molecular flexibility index (Phi) is 3.25. The van der Waals surface area contributed by atoms with Crippen molar-refractivity contribution in [3.05, 3.63) is 18.3 Å². The number of ether oxygens (including phenoxy) is 2. The maximum Gasteiger partial charge on any atom is 0.262 e. The van der Waals surface area contributed by atoms with E-state index >= 15 is 0 Å². The average Bonchev–Trinajstić information content (AvgIpc) is 3.04. The van der Waals surface area contributed by atoms with E-state index in [2.05, 4.69) is 15.0 Å². The maximum atomic E-state index is 5.76. The van der Waals surface area contributed by atoms with E-state index in [1.165, 1.54) is 12.8 Å². The number of anilines is 1. The zero-order valence-corrected chi connectivity index (χ0v) is 11.2. The number of methoxy groups -OCH3 is 1. The predicted octanol–water partition coefficient (Wildman–Crippen LogP) is 1.70. The third kappa shape index (κ3) is 2.23. The van der Waals surface area contributed by atoms with Gasteiger partial charge in [-0.15, -0.1) is 0 Å². The first-order valence-corrected chi connectivity index (χ1v) is 6.58. The van der Waals surface area contributed by atoms with Gasteiger partial charge in [-0.25, -0.2) is 0 Å². The molecule has 6 heteroatoms. The van der Waals surface area contributed by atoms with Crippen LogP contribution in [0, 0.1) is 0 Å². The van der Waals surface area contributed by atoms with Gasteiger partial charge < -0.3 is 14.4 Å². The number of nitrogens with zero attached hydrogens (tertiary/aromatic N) is 4. The minimum absolute atomic E-state index is 0.328. The highest BCUT2D eigenvalue weighted by atomic mass is 16.7. The summed E-state index contributed by atoms with van der Waals surface area (Å²) < 4.78 is 12.7. The minimum Gasteiger partial charge on any atom is -0.445 e. The van der Waals surface area contributed by atoms with Gasteiger partial charge in [0, 0.05) is 26.4 Å². The monoisotopic (exact) mass is 262 g/mol. The van der Waals surface area contributed by atoms with Gasteiger partial charge in [-0.1, -0.05) is 0 Å². The first kappa shape index (κ1) is 12.2. The fraction of sp³-hybridized carbons (Fsp3) is 0.538. The van der Waals surface area contributed by atoms with Crippen LogP contribution in [0.3, 0.4) is 0 Å². The third-order valence-electron chi connectivity index (χ3n) is 3.35. The van der Waals surface area contributed by atoms with Crippen molar-refractivity contribution in [3.63, 3.8) is 0 Å². The number of fused-ring (bicyclic) bond motifs is 1. The molecule has 2 aromatic heterocycles. The minimum atomic E-state index is -0.328. The van der Waals surface area contributed by atoms with Crippen LogP contribution < -0.4 is 9.64 Å². The predicted molar refractivity (Wildman–Crippen MR) is 71.5 cm³/mol. The standard InChI is InChI=1S/C13H18N4O2/c1-10(18-2)19-12-13(16-8-3-4-9-16)17-11(15-12)6-5-7-14-17/h5-7,10H,3-4,8-9H2,1-2H3. The normalized spacial score (nSPS) is 17.1. The van der Waals surface area contributed by atoms with E-state index in [-0.39, 0.29) is 6.29 Å². The molecule has 3 rings (SSSR count). The van der Waals surface area contributed by atoms with E-state index in [4.69, 9.17) is 9.47 Å². The molecule has 102 valence electrons. The van der Waals surface area contributed by atoms with Crippen LogP contribution in [0.25, 0.3) is 5.65 Å². The van der Waals surface area contributed by atoms with Gasteiger partial charge in [-0.2, -0.15) is 14.6 Å². The Hall–Kier alpha value is -1.82. The molecule has 1 saturated heterocycles. The van der Waals surface area contributed by atoms with Crippen LogP contribution >= 0.6 is 0 Å². The van der Waals surface area contributed by atoms with Gasteiger partial charge in [0.15, 0.2) is 17.8 Å². The van der Waals surface area contributed by atoms with Crippen molar-refractivity contribution >= 4 is 11.5 Å². The number of rotatable bonds is 4. The Morgan fingerprint density at radius 3 is 2.84 bits per heavy atom. The van der Waals surface area contributed by atoms with Gasteiger partial charge in [-0.3, -0.25) is 0 Å². The van der Waals surface area contributed by atoms with E-state index in [0.29, 0.717) is 5.88 Å². The van der Waals surface area contributed by atoms with Crippen LogP contribution in [-0.4, -0.2) is 41.1 Å². The largest absolute Gasteiger partial charge is 0.445 e. The molecule has 1 aliphatic heterocycles. The van der Waals surface area contributed by atoms with Crippen LogP contribution in [0.2, 0.25) is 0 Å². The van der Waals surface area contributed by atoms with Crippen molar-refractivity contribution in [2.75, 3.05) is 25.1 Å². The molecule has 6 nitrogen and oxygen atoms in total. The van der Waals surface area contributed by atoms with E-state index < -0.39 is 0 Å². The molecule has 0 amide bonds. The van der Waals surface area contributed by atoms with Crippen molar-refractivity contribution < 1.29 is 9.47 Å². The van der Waals surface area contributed by atoms with Crippen molar-refractivity contribution in [1.82, 2.24) is 14.6 Å². The van der Waals surface area contributed by atoms with Gasteiger partial charge in [-0.05, 0) is 31.9 Å². The molecule has 0 aliphatic carbocycles. The lowest BCUT2D eigenvalue weighted by atomic mass is 10.4. The SMILES string of the molecule is COC(C)Oc1nc2cccnn2c1N1CCCC1. The average molecular weight is 262 g/mol. The summed E-state index contributed by atoms with van der Waals surface area (Å²) in [7, 11) is 1.62. The summed E-state index contributed by atoms with van der Waals surface area (Å²) in [4.78, 5) is 6.77. The molecule has 0 bridgehead atoms. The fourth-order valence-corrected chi connectivity index (χ4v) is 2.34. The Morgan fingerprint density at radius 2 is 2.11 bits per heavy atom. The fourth-order valence-electron chi connectivity index (χ4n) is 2.34. The molecular weight excluding hydrogens is 244 g/mol. The summed E-state index contributed by atoms with van der Waals surface area (Å²) >= 11 is 0. The summed E-state index contributed by atoms with van der Waals surface area (Å²) in [5, 5.41) is 4.37. The molecular formula is C13H18N4O2. The zero-order chi connectivity index (χ0) is 13.2. The number of hydrogen-bond acceptors (Lipinski definition) is 5. The molecule has 19 heavy (non-hydrogen) atoms. The number of hydrogen-bond donors (Lipinski definition) is 0. The molecule has 1 aliphatic rings. The molecule has 1 unspecified atom stereocenters. The summed E-state index contributed by atoms with van der Waals surface area (Å²) in [5.41, 5.74) is 0.794. The lowest BCUT2D eigenvalue weighted by Gasteiger charge is -2.19. The second kappa shape index (κ2) is 5.05. The van der Waals surface area contributed by atoms with Crippen molar-refractivity contribution in [2.45, 2.75) is 26.1 Å². The second-order valence-corrected chi connectivity index (χ2v) is 4.65. The first-order valence-electron chi connectivity index (χ1n) is 6.58. The van der Waals surface area contributed by atoms with Crippen molar-refractivity contribution in [3.8, 4) is 5.88 Å². The molecule has 0 aromatic carbocycles. The Labute approximate surface area is 111 Å². The Morgan fingerprint density at radius 1 is 1.32 bits per heavy atom. The number of imidazole rings is 1. The molecule has 0 saturated carbocycles. The topological polar surface area (TPSA) is 51.9 Å². The van der Waals surface area contributed by atoms with Crippen LogP contribution in [-0.2, 0) is 4.74 Å². The van der Waals surface area contributed by atoms with Gasteiger partial charge in [0.05, 0.1) is 0 Å². The quantitative estimate of drug-likeness (QED) is 0.785. The van der Waals surface area contributed by atoms with Gasteiger partial charge in [0.25, 0.3) is 5.88 Å². The highest BCUT2D eigenvalue weighted by Crippen LogP contribution is 2.31. The summed E-state index contributed by atoms with van der Waals surface area (Å²) in [6.45, 7) is 3.88. The third-order valence-corrected chi connectivity index (χ3v) is 3.35. The van der Waals surface area contributed by atoms with Gasteiger partial charge in [0.2, 0.25) is 0 Å². The summed E-state index contributed by atoms with van der Waals surface area (Å²) in [5.74, 6) is 1.52. The smallest absolute Gasteiger partial charge is 0.262 e. The van der Waals surface area contributed by atoms with Crippen molar-refractivity contribution in [1.29, 1.82) is 0 Å². The molecule has 2 aromatic rings. The van der Waals surface area contributed by atoms with E-state index in [9.17, 15) is 0 Å². The van der Waals surface area contributed by atoms with E-state index in [1.54, 1.807) is 13.3 Å². The Balaban J connectivity index is 2.05. The summed E-state index contributed by atoms with van der Waals surface area (Å²) in [6.07, 6.45) is 3.82. The van der Waals surface area contributed by atoms with Crippen LogP contribution in [0.1, 0.15) is 19.8 Å². The van der Waals surface area contributed by atoms with E-state index in [1.807, 2.05) is 23.6 Å². The lowest BCUT2D eigenvalue weighted by molar-refractivity contribution is -0.0403. The summed E-state index contributed by atoms with van der Waals surface area (Å²) in [6, 6.07) is 3.80. The van der Waals surface area contributed by atoms with E-state index in [0.717, 1.165) is 24.6 Å². The number of aromatic nitrogens is 3. The maximum absolute atomic E-state index is 5.76. The molecule has 3 heterocycles. The van der Waals surface area contributed by atoms with Gasteiger partial charge in [0.1, 0.15) is 0 Å². The molecule has 0 spiro atoms. The zero-order valence-electron chi connectivity index (χ0n) is 11.2. The Bertz CT molecular complexity index is 563. The van der Waals surface area contributed by atoms with Crippen molar-refractivity contribution in [2.24, 2.45) is 0 Å².